The van der Waals surface area contributed by atoms with E-state index >= 15 is 0 Å². The minimum Gasteiger partial charge on any atom is -0.421 e. The fourth-order valence-corrected chi connectivity index (χ4v) is 3.78. The van der Waals surface area contributed by atoms with Gasteiger partial charge in [0.15, 0.2) is 0 Å². The van der Waals surface area contributed by atoms with Gasteiger partial charge in [0.2, 0.25) is 17.7 Å². The van der Waals surface area contributed by atoms with Crippen LogP contribution >= 0.6 is 0 Å². The third-order valence-corrected chi connectivity index (χ3v) is 5.04. The standard InChI is InChI=1S/C21H18N4O2/c1-14-22-23-21(27-14)17-12-24(19-9-5-3-7-16(17)19)13-20(26)25-11-10-15-6-2-4-8-18(15)25/h2-9,12H,10-11,13H2,1H3. The topological polar surface area (TPSA) is 64.2 Å². The lowest BCUT2D eigenvalue weighted by Gasteiger charge is -2.18. The van der Waals surface area contributed by atoms with Gasteiger partial charge < -0.3 is 13.9 Å². The van der Waals surface area contributed by atoms with Crippen molar-refractivity contribution in [1.29, 1.82) is 0 Å². The number of hydrogen-bond donors (Lipinski definition) is 0. The Kier molecular flexibility index (Phi) is 3.57. The molecule has 27 heavy (non-hydrogen) atoms. The molecule has 134 valence electrons. The molecule has 1 amide bonds. The predicted octanol–water partition coefficient (Wildman–Crippen LogP) is 3.59. The zero-order valence-electron chi connectivity index (χ0n) is 14.9. The third-order valence-electron chi connectivity index (χ3n) is 5.04. The van der Waals surface area contributed by atoms with Crippen molar-refractivity contribution in [2.24, 2.45) is 0 Å². The maximum absolute atomic E-state index is 13.0. The van der Waals surface area contributed by atoms with E-state index in [9.17, 15) is 4.79 Å². The van der Waals surface area contributed by atoms with Crippen LogP contribution in [-0.4, -0.2) is 27.2 Å². The molecule has 6 heteroatoms. The number of amides is 1. The molecule has 1 aliphatic heterocycles. The van der Waals surface area contributed by atoms with Crippen LogP contribution in [0.3, 0.4) is 0 Å². The first-order valence-electron chi connectivity index (χ1n) is 8.97. The van der Waals surface area contributed by atoms with Crippen LogP contribution in [-0.2, 0) is 17.8 Å². The van der Waals surface area contributed by atoms with Gasteiger partial charge in [-0.05, 0) is 24.1 Å². The number of anilines is 1. The minimum absolute atomic E-state index is 0.0777. The number of aromatic nitrogens is 3. The fraction of sp³-hybridized carbons (Fsp3) is 0.190. The molecule has 6 nitrogen and oxygen atoms in total. The molecule has 0 radical (unpaired) electrons. The van der Waals surface area contributed by atoms with Crippen molar-refractivity contribution in [3.05, 3.63) is 66.2 Å². The number of fused-ring (bicyclic) bond motifs is 2. The number of para-hydroxylation sites is 2. The van der Waals surface area contributed by atoms with Crippen molar-refractivity contribution in [3.63, 3.8) is 0 Å². The second-order valence-corrected chi connectivity index (χ2v) is 6.74. The van der Waals surface area contributed by atoms with Crippen LogP contribution in [0.25, 0.3) is 22.4 Å². The van der Waals surface area contributed by atoms with Crippen molar-refractivity contribution in [2.75, 3.05) is 11.4 Å². The first-order valence-corrected chi connectivity index (χ1v) is 8.97. The van der Waals surface area contributed by atoms with E-state index in [1.165, 1.54) is 5.56 Å². The van der Waals surface area contributed by atoms with Gasteiger partial charge in [-0.1, -0.05) is 36.4 Å². The Morgan fingerprint density at radius 2 is 1.93 bits per heavy atom. The second kappa shape index (κ2) is 6.09. The number of hydrogen-bond acceptors (Lipinski definition) is 4. The highest BCUT2D eigenvalue weighted by Crippen LogP contribution is 2.31. The van der Waals surface area contributed by atoms with E-state index in [-0.39, 0.29) is 12.5 Å². The van der Waals surface area contributed by atoms with E-state index in [0.29, 0.717) is 11.8 Å². The summed E-state index contributed by atoms with van der Waals surface area (Å²) in [6.07, 6.45) is 2.83. The van der Waals surface area contributed by atoms with Gasteiger partial charge in [-0.3, -0.25) is 4.79 Å². The summed E-state index contributed by atoms with van der Waals surface area (Å²) in [5, 5.41) is 9.06. The first-order chi connectivity index (χ1) is 13.2. The molecule has 3 heterocycles. The summed E-state index contributed by atoms with van der Waals surface area (Å²) >= 11 is 0. The van der Waals surface area contributed by atoms with E-state index in [1.807, 2.05) is 58.1 Å². The number of nitrogens with zero attached hydrogens (tertiary/aromatic N) is 4. The van der Waals surface area contributed by atoms with Gasteiger partial charge in [-0.15, -0.1) is 10.2 Å². The molecule has 0 N–H and O–H groups in total. The maximum Gasteiger partial charge on any atom is 0.249 e. The molecule has 0 aliphatic carbocycles. The highest BCUT2D eigenvalue weighted by molar-refractivity contribution is 5.98. The normalized spacial score (nSPS) is 13.3. The van der Waals surface area contributed by atoms with E-state index in [0.717, 1.165) is 35.1 Å². The van der Waals surface area contributed by atoms with Gasteiger partial charge in [0.25, 0.3) is 0 Å². The Morgan fingerprint density at radius 3 is 2.78 bits per heavy atom. The lowest BCUT2D eigenvalue weighted by atomic mass is 10.2. The Labute approximate surface area is 156 Å². The molecule has 0 atom stereocenters. The van der Waals surface area contributed by atoms with Crippen LogP contribution in [0.5, 0.6) is 0 Å². The van der Waals surface area contributed by atoms with E-state index in [2.05, 4.69) is 16.3 Å². The molecular weight excluding hydrogens is 340 g/mol. The fourth-order valence-electron chi connectivity index (χ4n) is 3.78. The van der Waals surface area contributed by atoms with E-state index in [4.69, 9.17) is 4.42 Å². The molecule has 1 aliphatic rings. The monoisotopic (exact) mass is 358 g/mol. The van der Waals surface area contributed by atoms with Crippen LogP contribution in [0, 0.1) is 6.92 Å². The van der Waals surface area contributed by atoms with Crippen LogP contribution in [0.1, 0.15) is 11.5 Å². The second-order valence-electron chi connectivity index (χ2n) is 6.74. The predicted molar refractivity (Wildman–Crippen MR) is 102 cm³/mol. The molecule has 2 aromatic carbocycles. The van der Waals surface area contributed by atoms with Crippen molar-refractivity contribution < 1.29 is 9.21 Å². The number of carbonyl (C=O) groups excluding carboxylic acids is 1. The number of aryl methyl sites for hydroxylation is 1. The number of rotatable bonds is 3. The van der Waals surface area contributed by atoms with Crippen molar-refractivity contribution in [1.82, 2.24) is 14.8 Å². The Hall–Kier alpha value is -3.41. The molecule has 4 aromatic rings. The van der Waals surface area contributed by atoms with Gasteiger partial charge in [0, 0.05) is 36.3 Å². The SMILES string of the molecule is Cc1nnc(-c2cn(CC(=O)N3CCc4ccccc43)c3ccccc23)o1. The lowest BCUT2D eigenvalue weighted by Crippen LogP contribution is -2.32. The number of carbonyl (C=O) groups is 1. The summed E-state index contributed by atoms with van der Waals surface area (Å²) in [5.41, 5.74) is 4.07. The van der Waals surface area contributed by atoms with Gasteiger partial charge in [-0.2, -0.15) is 0 Å². The summed E-state index contributed by atoms with van der Waals surface area (Å²) in [4.78, 5) is 14.9. The van der Waals surface area contributed by atoms with E-state index < -0.39 is 0 Å². The highest BCUT2D eigenvalue weighted by atomic mass is 16.4. The molecule has 0 bridgehead atoms. The van der Waals surface area contributed by atoms with Gasteiger partial charge in [-0.25, -0.2) is 0 Å². The Balaban J connectivity index is 1.52. The first kappa shape index (κ1) is 15.8. The molecule has 2 aromatic heterocycles. The lowest BCUT2D eigenvalue weighted by molar-refractivity contribution is -0.119. The zero-order valence-corrected chi connectivity index (χ0v) is 14.9. The van der Waals surface area contributed by atoms with Crippen molar-refractivity contribution >= 4 is 22.5 Å². The zero-order chi connectivity index (χ0) is 18.4. The quantitative estimate of drug-likeness (QED) is 0.561. The van der Waals surface area contributed by atoms with Crippen LogP contribution in [0.15, 0.2) is 59.1 Å². The maximum atomic E-state index is 13.0. The van der Waals surface area contributed by atoms with Gasteiger partial charge in [0.05, 0.1) is 5.56 Å². The Morgan fingerprint density at radius 1 is 1.11 bits per heavy atom. The van der Waals surface area contributed by atoms with Crippen molar-refractivity contribution in [2.45, 2.75) is 19.9 Å². The van der Waals surface area contributed by atoms with Gasteiger partial charge in [0.1, 0.15) is 6.54 Å². The molecular formula is C21H18N4O2. The average molecular weight is 358 g/mol. The molecule has 5 rings (SSSR count). The smallest absolute Gasteiger partial charge is 0.249 e. The summed E-state index contributed by atoms with van der Waals surface area (Å²) in [6.45, 7) is 2.76. The van der Waals surface area contributed by atoms with Crippen molar-refractivity contribution in [3.8, 4) is 11.5 Å². The molecule has 0 spiro atoms. The van der Waals surface area contributed by atoms with E-state index in [1.54, 1.807) is 6.92 Å². The van der Waals surface area contributed by atoms with Crippen LogP contribution in [0.2, 0.25) is 0 Å². The van der Waals surface area contributed by atoms with Gasteiger partial charge >= 0.3 is 0 Å². The molecule has 0 fully saturated rings. The summed E-state index contributed by atoms with van der Waals surface area (Å²) in [5.74, 6) is 1.07. The minimum atomic E-state index is 0.0777. The summed E-state index contributed by atoms with van der Waals surface area (Å²) < 4.78 is 7.58. The number of benzene rings is 2. The summed E-state index contributed by atoms with van der Waals surface area (Å²) in [7, 11) is 0. The van der Waals surface area contributed by atoms with Crippen LogP contribution in [0.4, 0.5) is 5.69 Å². The third kappa shape index (κ3) is 2.61. The average Bonchev–Trinajstić information content (AvgIpc) is 3.39. The summed E-state index contributed by atoms with van der Waals surface area (Å²) in [6, 6.07) is 16.1. The molecule has 0 unspecified atom stereocenters. The molecule has 0 saturated heterocycles. The molecule has 0 saturated carbocycles. The largest absolute Gasteiger partial charge is 0.421 e. The Bertz CT molecular complexity index is 1160. The van der Waals surface area contributed by atoms with Crippen LogP contribution < -0.4 is 4.90 Å². The highest BCUT2D eigenvalue weighted by Gasteiger charge is 2.25.